The third-order valence-corrected chi connectivity index (χ3v) is 2.98. The molecular weight excluding hydrogens is 426 g/mol. The molecule has 153 valence electrons. The molecule has 1 aromatic carbocycles. The molecule has 3 rings (SSSR count). The molecule has 2 aromatic heterocycles. The number of carbonyl (C=O) groups excluding carboxylic acids is 1. The summed E-state index contributed by atoms with van der Waals surface area (Å²) in [5.41, 5.74) is 2.38. The van der Waals surface area contributed by atoms with Gasteiger partial charge in [-0.15, -0.1) is 5.76 Å². The SMILES string of the molecule is C/C([O-])=C/C(=O)c1ccccc1.O=[N+]([O-])[O-].[Cu+2].c1ccc(-c2ccccn2)nc1. The molecule has 0 unspecified atom stereocenters. The summed E-state index contributed by atoms with van der Waals surface area (Å²) in [6.07, 6.45) is 4.63. The molecule has 0 aliphatic heterocycles. The largest absolute Gasteiger partial charge is 2.00 e. The van der Waals surface area contributed by atoms with Gasteiger partial charge in [0, 0.05) is 18.0 Å². The van der Waals surface area contributed by atoms with Gasteiger partial charge >= 0.3 is 17.1 Å². The number of aromatic nitrogens is 2. The Kier molecular flexibility index (Phi) is 12.7. The van der Waals surface area contributed by atoms with E-state index in [1.165, 1.54) is 6.92 Å². The van der Waals surface area contributed by atoms with Crippen molar-refractivity contribution >= 4 is 5.78 Å². The first-order chi connectivity index (χ1) is 13.4. The first-order valence-corrected chi connectivity index (χ1v) is 7.98. The van der Waals surface area contributed by atoms with Crippen molar-refractivity contribution in [3.05, 3.63) is 112 Å². The number of carbonyl (C=O) groups is 1. The second kappa shape index (κ2) is 14.5. The number of ketones is 1. The quantitative estimate of drug-likeness (QED) is 0.152. The zero-order valence-corrected chi connectivity index (χ0v) is 16.2. The maximum Gasteiger partial charge on any atom is 2.00 e. The molecule has 0 bridgehead atoms. The van der Waals surface area contributed by atoms with Gasteiger partial charge < -0.3 is 20.4 Å². The minimum Gasteiger partial charge on any atom is -0.876 e. The predicted octanol–water partition coefficient (Wildman–Crippen LogP) is 3.04. The molecule has 0 amide bonds. The van der Waals surface area contributed by atoms with Crippen LogP contribution >= 0.6 is 0 Å². The average Bonchev–Trinajstić information content (AvgIpc) is 2.70. The number of nitrogens with zero attached hydrogens (tertiary/aromatic N) is 3. The van der Waals surface area contributed by atoms with Crippen LogP contribution < -0.4 is 5.11 Å². The second-order valence-electron chi connectivity index (χ2n) is 5.14. The number of allylic oxidation sites excluding steroid dienone is 2. The van der Waals surface area contributed by atoms with Gasteiger partial charge in [0.15, 0.2) is 5.78 Å². The van der Waals surface area contributed by atoms with E-state index in [0.717, 1.165) is 17.5 Å². The van der Waals surface area contributed by atoms with Crippen molar-refractivity contribution in [2.45, 2.75) is 6.92 Å². The molecule has 0 spiro atoms. The minimum absolute atomic E-state index is 0. The zero-order chi connectivity index (χ0) is 20.8. The van der Waals surface area contributed by atoms with Crippen LogP contribution in [0, 0.1) is 15.3 Å². The van der Waals surface area contributed by atoms with Crippen LogP contribution in [0.2, 0.25) is 0 Å². The van der Waals surface area contributed by atoms with Gasteiger partial charge in [0.2, 0.25) is 0 Å². The third-order valence-electron chi connectivity index (χ3n) is 2.98. The number of hydrogen-bond acceptors (Lipinski definition) is 7. The molecule has 1 radical (unpaired) electrons. The van der Waals surface area contributed by atoms with E-state index < -0.39 is 5.09 Å². The molecule has 8 nitrogen and oxygen atoms in total. The van der Waals surface area contributed by atoms with Crippen LogP contribution in [0.5, 0.6) is 0 Å². The molecule has 0 aliphatic carbocycles. The molecular formula is C20H17CuN3O5. The fraction of sp³-hybridized carbons (Fsp3) is 0.0500. The van der Waals surface area contributed by atoms with E-state index in [-0.39, 0.29) is 28.6 Å². The minimum atomic E-state index is -1.75. The predicted molar refractivity (Wildman–Crippen MR) is 102 cm³/mol. The van der Waals surface area contributed by atoms with Crippen molar-refractivity contribution in [2.24, 2.45) is 0 Å². The van der Waals surface area contributed by atoms with Crippen LogP contribution in [0.15, 0.2) is 91.0 Å². The Morgan fingerprint density at radius 1 is 0.862 bits per heavy atom. The average molecular weight is 443 g/mol. The number of hydrogen-bond donors (Lipinski definition) is 0. The molecule has 3 aromatic rings. The molecule has 0 saturated carbocycles. The zero-order valence-electron chi connectivity index (χ0n) is 15.3. The molecule has 2 heterocycles. The van der Waals surface area contributed by atoms with E-state index >= 15 is 0 Å². The molecule has 0 aliphatic rings. The van der Waals surface area contributed by atoms with E-state index in [1.807, 2.05) is 42.5 Å². The van der Waals surface area contributed by atoms with Crippen LogP contribution in [-0.2, 0) is 17.1 Å². The summed E-state index contributed by atoms with van der Waals surface area (Å²) in [6, 6.07) is 20.3. The van der Waals surface area contributed by atoms with E-state index in [1.54, 1.807) is 36.7 Å². The summed E-state index contributed by atoms with van der Waals surface area (Å²) in [7, 11) is 0. The van der Waals surface area contributed by atoms with Crippen molar-refractivity contribution in [2.75, 3.05) is 0 Å². The Morgan fingerprint density at radius 2 is 1.28 bits per heavy atom. The summed E-state index contributed by atoms with van der Waals surface area (Å²) in [4.78, 5) is 27.8. The van der Waals surface area contributed by atoms with E-state index in [9.17, 15) is 9.90 Å². The molecule has 0 saturated heterocycles. The monoisotopic (exact) mass is 442 g/mol. The second-order valence-corrected chi connectivity index (χ2v) is 5.14. The van der Waals surface area contributed by atoms with Crippen molar-refractivity contribution in [3.8, 4) is 11.4 Å². The first-order valence-electron chi connectivity index (χ1n) is 7.98. The molecule has 0 N–H and O–H groups in total. The molecule has 0 atom stereocenters. The van der Waals surface area contributed by atoms with Gasteiger partial charge in [0.25, 0.3) is 0 Å². The Balaban J connectivity index is 0.000000445. The summed E-state index contributed by atoms with van der Waals surface area (Å²) < 4.78 is 0. The summed E-state index contributed by atoms with van der Waals surface area (Å²) >= 11 is 0. The van der Waals surface area contributed by atoms with Crippen molar-refractivity contribution in [1.82, 2.24) is 9.97 Å². The van der Waals surface area contributed by atoms with Crippen LogP contribution in [-0.4, -0.2) is 20.8 Å². The first kappa shape index (κ1) is 25.4. The van der Waals surface area contributed by atoms with Gasteiger partial charge in [-0.25, -0.2) is 0 Å². The summed E-state index contributed by atoms with van der Waals surface area (Å²) in [5.74, 6) is -0.452. The topological polar surface area (TPSA) is 132 Å². The number of rotatable bonds is 3. The standard InChI is InChI=1S/C10H8N2.C10H10O2.Cu.NO3/c1-3-7-11-9(5-1)10-6-2-4-8-12-10;1-8(11)7-10(12)9-5-3-2-4-6-9;;2-1(3)4/h1-8H;2-7,11H,1H3;;/q;;+2;-1/p-1/b;8-7-;;. The Bertz CT molecular complexity index is 846. The third kappa shape index (κ3) is 11.7. The van der Waals surface area contributed by atoms with E-state index in [0.29, 0.717) is 5.56 Å². The van der Waals surface area contributed by atoms with Gasteiger partial charge in [-0.1, -0.05) is 49.4 Å². The van der Waals surface area contributed by atoms with Gasteiger partial charge in [0.1, 0.15) is 0 Å². The van der Waals surface area contributed by atoms with Gasteiger partial charge in [0.05, 0.1) is 16.5 Å². The number of benzene rings is 1. The maximum atomic E-state index is 11.2. The van der Waals surface area contributed by atoms with E-state index in [2.05, 4.69) is 9.97 Å². The van der Waals surface area contributed by atoms with Crippen LogP contribution in [0.4, 0.5) is 0 Å². The Hall–Kier alpha value is -3.55. The van der Waals surface area contributed by atoms with Crippen molar-refractivity contribution in [3.63, 3.8) is 0 Å². The molecule has 9 heteroatoms. The fourth-order valence-electron chi connectivity index (χ4n) is 1.90. The smallest absolute Gasteiger partial charge is 0.876 e. The summed E-state index contributed by atoms with van der Waals surface area (Å²) in [6.45, 7) is 1.36. The normalized spacial score (nSPS) is 9.48. The molecule has 0 fully saturated rings. The maximum absolute atomic E-state index is 11.2. The summed E-state index contributed by atoms with van der Waals surface area (Å²) in [5, 5.41) is 25.3. The fourth-order valence-corrected chi connectivity index (χ4v) is 1.90. The van der Waals surface area contributed by atoms with Crippen LogP contribution in [0.25, 0.3) is 11.4 Å². The Labute approximate surface area is 178 Å². The molecule has 29 heavy (non-hydrogen) atoms. The van der Waals surface area contributed by atoms with Gasteiger partial charge in [-0.3, -0.25) is 14.8 Å². The van der Waals surface area contributed by atoms with Crippen LogP contribution in [0.3, 0.4) is 0 Å². The van der Waals surface area contributed by atoms with Gasteiger partial charge in [-0.2, -0.15) is 0 Å². The van der Waals surface area contributed by atoms with Crippen LogP contribution in [0.1, 0.15) is 17.3 Å². The van der Waals surface area contributed by atoms with E-state index in [4.69, 9.17) is 15.3 Å². The Morgan fingerprint density at radius 3 is 1.62 bits per heavy atom. The van der Waals surface area contributed by atoms with Crippen molar-refractivity contribution in [1.29, 1.82) is 0 Å². The number of pyridine rings is 2. The van der Waals surface area contributed by atoms with Crippen molar-refractivity contribution < 1.29 is 32.1 Å². The van der Waals surface area contributed by atoms with Gasteiger partial charge in [-0.05, 0) is 30.3 Å².